The van der Waals surface area contributed by atoms with Gasteiger partial charge >= 0.3 is 5.97 Å². The molecule has 0 bridgehead atoms. The van der Waals surface area contributed by atoms with Gasteiger partial charge in [-0.25, -0.2) is 0 Å². The van der Waals surface area contributed by atoms with Gasteiger partial charge in [0.15, 0.2) is 0 Å². The zero-order valence-corrected chi connectivity index (χ0v) is 12.5. The fourth-order valence-corrected chi connectivity index (χ4v) is 2.24. The minimum absolute atomic E-state index is 0.160. The second-order valence-corrected chi connectivity index (χ2v) is 6.74. The van der Waals surface area contributed by atoms with Gasteiger partial charge in [0.1, 0.15) is 0 Å². The number of esters is 1. The Morgan fingerprint density at radius 3 is 2.12 bits per heavy atom. The number of hydrogen-bond acceptors (Lipinski definition) is 3. The van der Waals surface area contributed by atoms with Gasteiger partial charge < -0.3 is 10.1 Å². The summed E-state index contributed by atoms with van der Waals surface area (Å²) in [6, 6.07) is 0. The molecule has 0 aromatic rings. The molecule has 0 atom stereocenters. The molecule has 0 aliphatic rings. The molecule has 0 heterocycles. The van der Waals surface area contributed by atoms with Crippen LogP contribution in [-0.4, -0.2) is 26.2 Å². The molecule has 0 saturated carbocycles. The summed E-state index contributed by atoms with van der Waals surface area (Å²) in [6.45, 7) is 14.4. The Morgan fingerprint density at radius 2 is 1.71 bits per heavy atom. The Balaban J connectivity index is 4.10. The molecule has 3 heteroatoms. The standard InChI is InChI=1S/C14H29NO2/c1-11(2)8-13(3,4)9-15-10-14(5,6)12(16)17-7/h11,15H,8-10H2,1-7H3. The third-order valence-electron chi connectivity index (χ3n) is 2.87. The van der Waals surface area contributed by atoms with Crippen LogP contribution >= 0.6 is 0 Å². The summed E-state index contributed by atoms with van der Waals surface area (Å²) in [5, 5.41) is 3.39. The summed E-state index contributed by atoms with van der Waals surface area (Å²) >= 11 is 0. The van der Waals surface area contributed by atoms with E-state index in [0.717, 1.165) is 6.54 Å². The number of carbonyl (C=O) groups is 1. The molecule has 102 valence electrons. The van der Waals surface area contributed by atoms with Gasteiger partial charge in [0.05, 0.1) is 12.5 Å². The van der Waals surface area contributed by atoms with Gasteiger partial charge in [0, 0.05) is 13.1 Å². The van der Waals surface area contributed by atoms with Crippen molar-refractivity contribution in [1.82, 2.24) is 5.32 Å². The van der Waals surface area contributed by atoms with Crippen LogP contribution in [0.5, 0.6) is 0 Å². The average molecular weight is 243 g/mol. The Labute approximate surface area is 106 Å². The van der Waals surface area contributed by atoms with E-state index in [0.29, 0.717) is 12.5 Å². The summed E-state index contributed by atoms with van der Waals surface area (Å²) in [4.78, 5) is 11.5. The van der Waals surface area contributed by atoms with Crippen LogP contribution in [0.3, 0.4) is 0 Å². The highest BCUT2D eigenvalue weighted by molar-refractivity contribution is 5.76. The maximum absolute atomic E-state index is 11.5. The van der Waals surface area contributed by atoms with Crippen LogP contribution in [0.2, 0.25) is 0 Å². The molecule has 0 aliphatic carbocycles. The zero-order chi connectivity index (χ0) is 13.7. The van der Waals surface area contributed by atoms with E-state index in [-0.39, 0.29) is 11.4 Å². The van der Waals surface area contributed by atoms with Crippen molar-refractivity contribution in [3.05, 3.63) is 0 Å². The SMILES string of the molecule is COC(=O)C(C)(C)CNCC(C)(C)CC(C)C. The first-order valence-electron chi connectivity index (χ1n) is 6.40. The van der Waals surface area contributed by atoms with E-state index in [1.165, 1.54) is 13.5 Å². The third kappa shape index (κ3) is 6.67. The van der Waals surface area contributed by atoms with E-state index < -0.39 is 5.41 Å². The number of hydrogen-bond donors (Lipinski definition) is 1. The third-order valence-corrected chi connectivity index (χ3v) is 2.87. The maximum Gasteiger partial charge on any atom is 0.312 e. The maximum atomic E-state index is 11.5. The lowest BCUT2D eigenvalue weighted by Crippen LogP contribution is -2.40. The van der Waals surface area contributed by atoms with Crippen molar-refractivity contribution in [1.29, 1.82) is 0 Å². The van der Waals surface area contributed by atoms with Crippen LogP contribution in [0.4, 0.5) is 0 Å². The minimum Gasteiger partial charge on any atom is -0.469 e. The zero-order valence-electron chi connectivity index (χ0n) is 12.5. The van der Waals surface area contributed by atoms with Gasteiger partial charge in [0.2, 0.25) is 0 Å². The second-order valence-electron chi connectivity index (χ2n) is 6.74. The summed E-state index contributed by atoms with van der Waals surface area (Å²) in [5.74, 6) is 0.534. The monoisotopic (exact) mass is 243 g/mol. The van der Waals surface area contributed by atoms with Gasteiger partial charge in [-0.15, -0.1) is 0 Å². The molecule has 0 rings (SSSR count). The smallest absolute Gasteiger partial charge is 0.312 e. The number of rotatable bonds is 7. The average Bonchev–Trinajstić information content (AvgIpc) is 2.13. The van der Waals surface area contributed by atoms with Crippen molar-refractivity contribution < 1.29 is 9.53 Å². The number of nitrogens with one attached hydrogen (secondary N) is 1. The van der Waals surface area contributed by atoms with Crippen molar-refractivity contribution in [3.8, 4) is 0 Å². The van der Waals surface area contributed by atoms with E-state index in [2.05, 4.69) is 33.0 Å². The van der Waals surface area contributed by atoms with Crippen molar-refractivity contribution in [2.24, 2.45) is 16.7 Å². The normalized spacial score (nSPS) is 12.9. The Hall–Kier alpha value is -0.570. The molecule has 0 aromatic carbocycles. The highest BCUT2D eigenvalue weighted by Gasteiger charge is 2.29. The van der Waals surface area contributed by atoms with Crippen molar-refractivity contribution in [2.45, 2.75) is 48.0 Å². The first-order chi connectivity index (χ1) is 7.60. The second kappa shape index (κ2) is 6.39. The van der Waals surface area contributed by atoms with Crippen LogP contribution in [-0.2, 0) is 9.53 Å². The minimum atomic E-state index is -0.456. The molecule has 0 unspecified atom stereocenters. The summed E-state index contributed by atoms with van der Waals surface area (Å²) < 4.78 is 4.78. The summed E-state index contributed by atoms with van der Waals surface area (Å²) in [5.41, 5.74) is -0.191. The van der Waals surface area contributed by atoms with Gasteiger partial charge in [-0.3, -0.25) is 4.79 Å². The molecule has 0 amide bonds. The van der Waals surface area contributed by atoms with Crippen LogP contribution in [0, 0.1) is 16.7 Å². The fourth-order valence-electron chi connectivity index (χ4n) is 2.24. The predicted octanol–water partition coefficient (Wildman–Crippen LogP) is 2.85. The van der Waals surface area contributed by atoms with Crippen molar-refractivity contribution in [3.63, 3.8) is 0 Å². The lowest BCUT2D eigenvalue weighted by atomic mass is 9.83. The van der Waals surface area contributed by atoms with Crippen molar-refractivity contribution >= 4 is 5.97 Å². The summed E-state index contributed by atoms with van der Waals surface area (Å²) in [7, 11) is 1.44. The Bertz CT molecular complexity index is 245. The Morgan fingerprint density at radius 1 is 1.18 bits per heavy atom. The van der Waals surface area contributed by atoms with Crippen LogP contribution in [0.25, 0.3) is 0 Å². The highest BCUT2D eigenvalue weighted by Crippen LogP contribution is 2.24. The molecule has 1 N–H and O–H groups in total. The van der Waals surface area contributed by atoms with E-state index in [4.69, 9.17) is 4.74 Å². The van der Waals surface area contributed by atoms with Crippen LogP contribution in [0.15, 0.2) is 0 Å². The number of carbonyl (C=O) groups excluding carboxylic acids is 1. The molecular weight excluding hydrogens is 214 g/mol. The number of methoxy groups -OCH3 is 1. The van der Waals surface area contributed by atoms with Crippen LogP contribution in [0.1, 0.15) is 48.0 Å². The van der Waals surface area contributed by atoms with Crippen molar-refractivity contribution in [2.75, 3.05) is 20.2 Å². The van der Waals surface area contributed by atoms with Crippen LogP contribution < -0.4 is 5.32 Å². The van der Waals surface area contributed by atoms with Gasteiger partial charge in [0.25, 0.3) is 0 Å². The van der Waals surface area contributed by atoms with Gasteiger partial charge in [-0.1, -0.05) is 27.7 Å². The summed E-state index contributed by atoms with van der Waals surface area (Å²) in [6.07, 6.45) is 1.18. The van der Waals surface area contributed by atoms with Gasteiger partial charge in [-0.05, 0) is 31.6 Å². The first kappa shape index (κ1) is 16.4. The predicted molar refractivity (Wildman–Crippen MR) is 71.9 cm³/mol. The molecule has 0 fully saturated rings. The van der Waals surface area contributed by atoms with E-state index in [1.54, 1.807) is 0 Å². The molecule has 0 spiro atoms. The molecule has 0 aromatic heterocycles. The molecule has 0 aliphatic heterocycles. The lowest BCUT2D eigenvalue weighted by molar-refractivity contribution is -0.150. The quantitative estimate of drug-likeness (QED) is 0.699. The molecular formula is C14H29NO2. The molecule has 3 nitrogen and oxygen atoms in total. The number of ether oxygens (including phenoxy) is 1. The largest absolute Gasteiger partial charge is 0.469 e. The Kier molecular flexibility index (Phi) is 6.17. The molecule has 17 heavy (non-hydrogen) atoms. The highest BCUT2D eigenvalue weighted by atomic mass is 16.5. The van der Waals surface area contributed by atoms with E-state index in [9.17, 15) is 4.79 Å². The molecule has 0 saturated heterocycles. The molecule has 0 radical (unpaired) electrons. The van der Waals surface area contributed by atoms with E-state index >= 15 is 0 Å². The topological polar surface area (TPSA) is 38.3 Å². The fraction of sp³-hybridized carbons (Fsp3) is 0.929. The first-order valence-corrected chi connectivity index (χ1v) is 6.40. The lowest BCUT2D eigenvalue weighted by Gasteiger charge is -2.29. The van der Waals surface area contributed by atoms with E-state index in [1.807, 2.05) is 13.8 Å². The van der Waals surface area contributed by atoms with Gasteiger partial charge in [-0.2, -0.15) is 0 Å².